The standard InChI is InChI=1S/C40H46FN9O2/c1-47(2)14-6-11-33(51)24-28-7-4-8-29(23-28)34-27-37(42-30-9-5-10-32(25-30)49-17-15-48(3)16-18-49)44-40-38(34)39(45-46-40)43-31-12-13-36(35(41)26-31)50-19-21-52-22-20-50/h4-13,23,25-27H,14-22,24H2,1-3H3,(H3,42,43,44,45,46)/b11-6+. The number of anilines is 6. The van der Waals surface area contributed by atoms with Gasteiger partial charge in [-0.05, 0) is 80.8 Å². The van der Waals surface area contributed by atoms with E-state index in [9.17, 15) is 4.79 Å². The second kappa shape index (κ2) is 15.9. The van der Waals surface area contributed by atoms with E-state index in [-0.39, 0.29) is 18.0 Å². The number of carbonyl (C=O) groups excluding carboxylic acids is 1. The third-order valence-electron chi connectivity index (χ3n) is 9.47. The number of fused-ring (bicyclic) bond motifs is 1. The molecular formula is C40H46FN9O2. The van der Waals surface area contributed by atoms with Crippen LogP contribution in [0.2, 0.25) is 0 Å². The van der Waals surface area contributed by atoms with Crippen molar-refractivity contribution in [2.24, 2.45) is 0 Å². The van der Waals surface area contributed by atoms with Crippen LogP contribution in [0.5, 0.6) is 0 Å². The normalized spacial score (nSPS) is 15.6. The second-order valence-electron chi connectivity index (χ2n) is 13.7. The van der Waals surface area contributed by atoms with Gasteiger partial charge in [0.05, 0.1) is 24.3 Å². The summed E-state index contributed by atoms with van der Waals surface area (Å²) in [5.41, 5.74) is 6.38. The first-order valence-electron chi connectivity index (χ1n) is 17.8. The minimum absolute atomic E-state index is 0.0367. The first-order chi connectivity index (χ1) is 25.3. The Kier molecular flexibility index (Phi) is 10.8. The number of ketones is 1. The molecule has 4 heterocycles. The molecule has 0 amide bonds. The topological polar surface area (TPSA) is 105 Å². The van der Waals surface area contributed by atoms with Crippen molar-refractivity contribution in [1.82, 2.24) is 25.0 Å². The maximum Gasteiger partial charge on any atom is 0.185 e. The molecule has 7 rings (SSSR count). The molecule has 2 aromatic heterocycles. The van der Waals surface area contributed by atoms with Crippen LogP contribution in [0.3, 0.4) is 0 Å². The number of morpholine rings is 1. The van der Waals surface area contributed by atoms with Crippen LogP contribution in [0, 0.1) is 5.82 Å². The van der Waals surface area contributed by atoms with E-state index in [1.54, 1.807) is 12.1 Å². The molecule has 2 aliphatic rings. The highest BCUT2D eigenvalue weighted by atomic mass is 19.1. The Labute approximate surface area is 304 Å². The van der Waals surface area contributed by atoms with Crippen molar-refractivity contribution in [2.45, 2.75) is 6.42 Å². The van der Waals surface area contributed by atoms with Gasteiger partial charge in [-0.25, -0.2) is 9.37 Å². The molecular weight excluding hydrogens is 657 g/mol. The molecule has 0 aliphatic carbocycles. The number of nitrogens with zero attached hydrogens (tertiary/aromatic N) is 6. The number of ether oxygens (including phenoxy) is 1. The molecule has 2 fully saturated rings. The SMILES string of the molecule is CN(C)C/C=C/C(=O)Cc1cccc(-c2cc(Nc3cccc(N4CCN(C)CC4)c3)nc3n[nH]c(Nc4ccc(N5CCOCC5)c(F)c4)c23)c1. The van der Waals surface area contributed by atoms with Crippen LogP contribution < -0.4 is 20.4 Å². The van der Waals surface area contributed by atoms with E-state index in [0.717, 1.165) is 59.6 Å². The number of pyridine rings is 1. The van der Waals surface area contributed by atoms with E-state index in [1.807, 2.05) is 72.4 Å². The predicted octanol–water partition coefficient (Wildman–Crippen LogP) is 6.07. The van der Waals surface area contributed by atoms with Crippen molar-refractivity contribution in [2.75, 3.05) is 101 Å². The van der Waals surface area contributed by atoms with E-state index < -0.39 is 0 Å². The van der Waals surface area contributed by atoms with Gasteiger partial charge < -0.3 is 35.0 Å². The molecule has 3 aromatic carbocycles. The average molecular weight is 704 g/mol. The minimum Gasteiger partial charge on any atom is -0.378 e. The molecule has 0 spiro atoms. The van der Waals surface area contributed by atoms with E-state index in [0.29, 0.717) is 61.5 Å². The molecule has 3 N–H and O–H groups in total. The number of hydrogen-bond acceptors (Lipinski definition) is 10. The Balaban J connectivity index is 1.22. The molecule has 0 saturated carbocycles. The van der Waals surface area contributed by atoms with Crippen molar-refractivity contribution < 1.29 is 13.9 Å². The maximum atomic E-state index is 15.4. The Bertz CT molecular complexity index is 2050. The average Bonchev–Trinajstić information content (AvgIpc) is 3.54. The summed E-state index contributed by atoms with van der Waals surface area (Å²) in [6, 6.07) is 23.6. The van der Waals surface area contributed by atoms with E-state index in [2.05, 4.69) is 55.9 Å². The molecule has 11 nitrogen and oxygen atoms in total. The minimum atomic E-state index is -0.309. The van der Waals surface area contributed by atoms with Crippen LogP contribution in [-0.4, -0.2) is 111 Å². The lowest BCUT2D eigenvalue weighted by atomic mass is 9.98. The fourth-order valence-electron chi connectivity index (χ4n) is 6.69. The van der Waals surface area contributed by atoms with Crippen LogP contribution in [0.4, 0.5) is 38.8 Å². The third kappa shape index (κ3) is 8.42. The Morgan fingerprint density at radius 2 is 1.71 bits per heavy atom. The highest BCUT2D eigenvalue weighted by Gasteiger charge is 2.20. The summed E-state index contributed by atoms with van der Waals surface area (Å²) in [5, 5.41) is 15.4. The Morgan fingerprint density at radius 1 is 0.923 bits per heavy atom. The van der Waals surface area contributed by atoms with Crippen molar-refractivity contribution in [3.05, 3.63) is 96.3 Å². The van der Waals surface area contributed by atoms with Crippen molar-refractivity contribution in [3.63, 3.8) is 0 Å². The number of halogens is 1. The molecule has 0 atom stereocenters. The summed E-state index contributed by atoms with van der Waals surface area (Å²) in [7, 11) is 6.09. The highest BCUT2D eigenvalue weighted by Crippen LogP contribution is 2.37. The molecule has 270 valence electrons. The number of rotatable bonds is 12. The summed E-state index contributed by atoms with van der Waals surface area (Å²) >= 11 is 0. The zero-order valence-electron chi connectivity index (χ0n) is 30.0. The molecule has 0 unspecified atom stereocenters. The van der Waals surface area contributed by atoms with Crippen LogP contribution >= 0.6 is 0 Å². The number of aromatic nitrogens is 3. The van der Waals surface area contributed by atoms with Crippen LogP contribution in [0.25, 0.3) is 22.2 Å². The Morgan fingerprint density at radius 3 is 2.50 bits per heavy atom. The van der Waals surface area contributed by atoms with Crippen molar-refractivity contribution >= 4 is 51.2 Å². The summed E-state index contributed by atoms with van der Waals surface area (Å²) in [4.78, 5) is 26.5. The van der Waals surface area contributed by atoms with Gasteiger partial charge in [-0.3, -0.25) is 9.89 Å². The fourth-order valence-corrected chi connectivity index (χ4v) is 6.69. The van der Waals surface area contributed by atoms with Gasteiger partial charge in [0.1, 0.15) is 17.5 Å². The molecule has 0 bridgehead atoms. The number of aromatic amines is 1. The molecule has 12 heteroatoms. The molecule has 2 saturated heterocycles. The Hall–Kier alpha value is -5.30. The number of carbonyl (C=O) groups is 1. The lowest BCUT2D eigenvalue weighted by Gasteiger charge is -2.34. The number of allylic oxidation sites excluding steroid dienone is 1. The zero-order chi connectivity index (χ0) is 36.0. The van der Waals surface area contributed by atoms with Gasteiger partial charge >= 0.3 is 0 Å². The first kappa shape index (κ1) is 35.1. The number of piperazine rings is 1. The van der Waals surface area contributed by atoms with E-state index >= 15 is 4.39 Å². The molecule has 0 radical (unpaired) electrons. The number of H-pyrrole nitrogens is 1. The van der Waals surface area contributed by atoms with Gasteiger partial charge in [-0.2, -0.15) is 5.10 Å². The molecule has 5 aromatic rings. The van der Waals surface area contributed by atoms with Gasteiger partial charge in [0, 0.05) is 74.9 Å². The lowest BCUT2D eigenvalue weighted by Crippen LogP contribution is -2.44. The first-order valence-corrected chi connectivity index (χ1v) is 17.8. The van der Waals surface area contributed by atoms with E-state index in [1.165, 1.54) is 6.07 Å². The van der Waals surface area contributed by atoms with Gasteiger partial charge in [-0.1, -0.05) is 36.4 Å². The number of benzene rings is 3. The second-order valence-corrected chi connectivity index (χ2v) is 13.7. The van der Waals surface area contributed by atoms with Gasteiger partial charge in [0.25, 0.3) is 0 Å². The quantitative estimate of drug-likeness (QED) is 0.133. The monoisotopic (exact) mass is 703 g/mol. The summed E-state index contributed by atoms with van der Waals surface area (Å²) in [6.07, 6.45) is 3.81. The van der Waals surface area contributed by atoms with Crippen LogP contribution in [0.1, 0.15) is 5.56 Å². The van der Waals surface area contributed by atoms with Gasteiger partial charge in [0.15, 0.2) is 11.4 Å². The van der Waals surface area contributed by atoms with Crippen LogP contribution in [-0.2, 0) is 16.0 Å². The number of nitrogens with one attached hydrogen (secondary N) is 3. The molecule has 52 heavy (non-hydrogen) atoms. The lowest BCUT2D eigenvalue weighted by molar-refractivity contribution is -0.114. The zero-order valence-corrected chi connectivity index (χ0v) is 30.0. The van der Waals surface area contributed by atoms with Crippen molar-refractivity contribution in [1.29, 1.82) is 0 Å². The highest BCUT2D eigenvalue weighted by molar-refractivity contribution is 6.03. The predicted molar refractivity (Wildman–Crippen MR) is 208 cm³/mol. The van der Waals surface area contributed by atoms with E-state index in [4.69, 9.17) is 9.72 Å². The summed E-state index contributed by atoms with van der Waals surface area (Å²) in [6.45, 7) is 7.16. The van der Waals surface area contributed by atoms with Crippen LogP contribution in [0.15, 0.2) is 84.9 Å². The largest absolute Gasteiger partial charge is 0.378 e. The molecule has 2 aliphatic heterocycles. The van der Waals surface area contributed by atoms with Crippen molar-refractivity contribution in [3.8, 4) is 11.1 Å². The van der Waals surface area contributed by atoms with Gasteiger partial charge in [0.2, 0.25) is 0 Å². The van der Waals surface area contributed by atoms with Gasteiger partial charge in [-0.15, -0.1) is 0 Å². The smallest absolute Gasteiger partial charge is 0.185 e. The maximum absolute atomic E-state index is 15.4. The number of hydrogen-bond donors (Lipinski definition) is 3. The summed E-state index contributed by atoms with van der Waals surface area (Å²) < 4.78 is 20.8. The fraction of sp³-hybridized carbons (Fsp3) is 0.325. The third-order valence-corrected chi connectivity index (χ3v) is 9.47. The summed E-state index contributed by atoms with van der Waals surface area (Å²) in [5.74, 6) is 0.948. The number of likely N-dealkylation sites (N-methyl/N-ethyl adjacent to an activating group) is 2.